The Labute approximate surface area is 105 Å². The third-order valence-corrected chi connectivity index (χ3v) is 5.18. The zero-order valence-corrected chi connectivity index (χ0v) is 11.1. The van der Waals surface area contributed by atoms with Crippen LogP contribution in [0.2, 0.25) is 0 Å². The Morgan fingerprint density at radius 2 is 2.12 bits per heavy atom. The summed E-state index contributed by atoms with van der Waals surface area (Å²) in [5.74, 6) is 1.85. The van der Waals surface area contributed by atoms with Gasteiger partial charge in [-0.15, -0.1) is 0 Å². The molecule has 0 saturated heterocycles. The van der Waals surface area contributed by atoms with E-state index in [1.807, 2.05) is 0 Å². The smallest absolute Gasteiger partial charge is 0.0136 e. The molecular formula is C15H26N2. The number of nitrogens with one attached hydrogen (secondary N) is 1. The lowest BCUT2D eigenvalue weighted by Gasteiger charge is -2.41. The SMILES string of the molecule is CN(CCNC1CC2CC=CC21)C1CCCC1. The van der Waals surface area contributed by atoms with Crippen molar-refractivity contribution in [1.82, 2.24) is 10.2 Å². The van der Waals surface area contributed by atoms with Gasteiger partial charge in [0.2, 0.25) is 0 Å². The molecule has 0 aromatic heterocycles. The molecule has 0 bridgehead atoms. The van der Waals surface area contributed by atoms with Crippen molar-refractivity contribution in [2.75, 3.05) is 20.1 Å². The van der Waals surface area contributed by atoms with Crippen LogP contribution >= 0.6 is 0 Å². The molecule has 2 fully saturated rings. The number of hydrogen-bond acceptors (Lipinski definition) is 2. The van der Waals surface area contributed by atoms with E-state index >= 15 is 0 Å². The number of hydrogen-bond donors (Lipinski definition) is 1. The maximum absolute atomic E-state index is 3.75. The number of likely N-dealkylation sites (N-methyl/N-ethyl adjacent to an activating group) is 1. The van der Waals surface area contributed by atoms with Crippen LogP contribution in [0, 0.1) is 11.8 Å². The topological polar surface area (TPSA) is 15.3 Å². The second-order valence-electron chi connectivity index (χ2n) is 6.22. The van der Waals surface area contributed by atoms with Gasteiger partial charge in [0.1, 0.15) is 0 Å². The van der Waals surface area contributed by atoms with E-state index < -0.39 is 0 Å². The monoisotopic (exact) mass is 234 g/mol. The van der Waals surface area contributed by atoms with Crippen molar-refractivity contribution < 1.29 is 0 Å². The van der Waals surface area contributed by atoms with Gasteiger partial charge in [-0.05, 0) is 44.6 Å². The number of rotatable bonds is 5. The Morgan fingerprint density at radius 3 is 2.88 bits per heavy atom. The van der Waals surface area contributed by atoms with Gasteiger partial charge in [0.15, 0.2) is 0 Å². The molecular weight excluding hydrogens is 208 g/mol. The van der Waals surface area contributed by atoms with Gasteiger partial charge in [-0.25, -0.2) is 0 Å². The molecule has 1 N–H and O–H groups in total. The normalized spacial score (nSPS) is 36.5. The molecule has 17 heavy (non-hydrogen) atoms. The fourth-order valence-corrected chi connectivity index (χ4v) is 3.90. The highest BCUT2D eigenvalue weighted by atomic mass is 15.1. The zero-order chi connectivity index (χ0) is 11.7. The molecule has 0 aliphatic heterocycles. The van der Waals surface area contributed by atoms with Crippen LogP contribution in [0.5, 0.6) is 0 Å². The molecule has 3 aliphatic rings. The van der Waals surface area contributed by atoms with E-state index in [0.717, 1.165) is 23.9 Å². The molecule has 3 rings (SSSR count). The first-order valence-electron chi connectivity index (χ1n) is 7.45. The first kappa shape index (κ1) is 11.7. The van der Waals surface area contributed by atoms with Crippen LogP contribution in [0.1, 0.15) is 38.5 Å². The molecule has 0 heterocycles. The van der Waals surface area contributed by atoms with Gasteiger partial charge >= 0.3 is 0 Å². The molecule has 3 aliphatic carbocycles. The van der Waals surface area contributed by atoms with Crippen molar-refractivity contribution >= 4 is 0 Å². The minimum Gasteiger partial charge on any atom is -0.312 e. The van der Waals surface area contributed by atoms with Crippen LogP contribution in [-0.2, 0) is 0 Å². The van der Waals surface area contributed by atoms with Gasteiger partial charge < -0.3 is 10.2 Å². The lowest BCUT2D eigenvalue weighted by molar-refractivity contribution is 0.154. The summed E-state index contributed by atoms with van der Waals surface area (Å²) in [4.78, 5) is 2.57. The Hall–Kier alpha value is -0.340. The minimum atomic E-state index is 0.788. The second-order valence-corrected chi connectivity index (χ2v) is 6.22. The van der Waals surface area contributed by atoms with Crippen molar-refractivity contribution in [1.29, 1.82) is 0 Å². The first-order chi connectivity index (χ1) is 8.34. The number of fused-ring (bicyclic) bond motifs is 1. The van der Waals surface area contributed by atoms with Gasteiger partial charge in [-0.1, -0.05) is 25.0 Å². The average molecular weight is 234 g/mol. The van der Waals surface area contributed by atoms with Crippen molar-refractivity contribution in [3.05, 3.63) is 12.2 Å². The molecule has 0 spiro atoms. The molecule has 2 saturated carbocycles. The number of nitrogens with zero attached hydrogens (tertiary/aromatic N) is 1. The highest BCUT2D eigenvalue weighted by Crippen LogP contribution is 2.42. The predicted molar refractivity (Wildman–Crippen MR) is 72.0 cm³/mol. The zero-order valence-electron chi connectivity index (χ0n) is 11.1. The molecule has 0 aromatic rings. The van der Waals surface area contributed by atoms with E-state index in [1.54, 1.807) is 0 Å². The summed E-state index contributed by atoms with van der Waals surface area (Å²) in [6, 6.07) is 1.66. The Morgan fingerprint density at radius 1 is 1.29 bits per heavy atom. The maximum Gasteiger partial charge on any atom is 0.0136 e. The van der Waals surface area contributed by atoms with Gasteiger partial charge in [0, 0.05) is 25.2 Å². The van der Waals surface area contributed by atoms with E-state index in [2.05, 4.69) is 29.4 Å². The van der Waals surface area contributed by atoms with Crippen molar-refractivity contribution in [3.63, 3.8) is 0 Å². The molecule has 2 heteroatoms. The van der Waals surface area contributed by atoms with Crippen LogP contribution < -0.4 is 5.32 Å². The predicted octanol–water partition coefficient (Wildman–Crippen LogP) is 2.42. The first-order valence-corrected chi connectivity index (χ1v) is 7.45. The summed E-state index contributed by atoms with van der Waals surface area (Å²) in [7, 11) is 2.30. The molecule has 3 atom stereocenters. The summed E-state index contributed by atoms with van der Waals surface area (Å²) < 4.78 is 0. The Kier molecular flexibility index (Phi) is 3.53. The summed E-state index contributed by atoms with van der Waals surface area (Å²) in [6.45, 7) is 2.40. The number of allylic oxidation sites excluding steroid dienone is 1. The average Bonchev–Trinajstić information content (AvgIpc) is 2.93. The minimum absolute atomic E-state index is 0.788. The standard InChI is InChI=1S/C15H26N2/c1-17(13-6-2-3-7-13)10-9-16-15-11-12-5-4-8-14(12)15/h4,8,12-16H,2-3,5-7,9-11H2,1H3. The highest BCUT2D eigenvalue weighted by molar-refractivity contribution is 5.12. The summed E-state index contributed by atoms with van der Waals surface area (Å²) in [6.07, 6.45) is 13.3. The van der Waals surface area contributed by atoms with Crippen LogP contribution in [-0.4, -0.2) is 37.1 Å². The Balaban J connectivity index is 1.33. The van der Waals surface area contributed by atoms with E-state index in [9.17, 15) is 0 Å². The molecule has 0 aromatic carbocycles. The van der Waals surface area contributed by atoms with Crippen molar-refractivity contribution in [2.45, 2.75) is 50.6 Å². The van der Waals surface area contributed by atoms with Crippen molar-refractivity contribution in [3.8, 4) is 0 Å². The fraction of sp³-hybridized carbons (Fsp3) is 0.867. The lowest BCUT2D eigenvalue weighted by Crippen LogP contribution is -2.50. The van der Waals surface area contributed by atoms with Crippen LogP contribution in [0.4, 0.5) is 0 Å². The molecule has 3 unspecified atom stereocenters. The van der Waals surface area contributed by atoms with Crippen LogP contribution in [0.25, 0.3) is 0 Å². The third kappa shape index (κ3) is 2.43. The van der Waals surface area contributed by atoms with E-state index in [4.69, 9.17) is 0 Å². The summed E-state index contributed by atoms with van der Waals surface area (Å²) >= 11 is 0. The third-order valence-electron chi connectivity index (χ3n) is 5.18. The van der Waals surface area contributed by atoms with Gasteiger partial charge in [-0.3, -0.25) is 0 Å². The largest absolute Gasteiger partial charge is 0.312 e. The van der Waals surface area contributed by atoms with E-state index in [-0.39, 0.29) is 0 Å². The summed E-state index contributed by atoms with van der Waals surface area (Å²) in [5, 5.41) is 3.75. The quantitative estimate of drug-likeness (QED) is 0.735. The molecule has 2 nitrogen and oxygen atoms in total. The highest BCUT2D eigenvalue weighted by Gasteiger charge is 2.40. The van der Waals surface area contributed by atoms with Crippen LogP contribution in [0.3, 0.4) is 0 Å². The van der Waals surface area contributed by atoms with Gasteiger partial charge in [0.25, 0.3) is 0 Å². The second kappa shape index (κ2) is 5.11. The molecule has 0 amide bonds. The fourth-order valence-electron chi connectivity index (χ4n) is 3.90. The lowest BCUT2D eigenvalue weighted by atomic mass is 9.71. The van der Waals surface area contributed by atoms with E-state index in [1.165, 1.54) is 51.6 Å². The maximum atomic E-state index is 3.75. The Bertz CT molecular complexity index is 281. The summed E-state index contributed by atoms with van der Waals surface area (Å²) in [5.41, 5.74) is 0. The van der Waals surface area contributed by atoms with Gasteiger partial charge in [0.05, 0.1) is 0 Å². The van der Waals surface area contributed by atoms with E-state index in [0.29, 0.717) is 0 Å². The van der Waals surface area contributed by atoms with Gasteiger partial charge in [-0.2, -0.15) is 0 Å². The van der Waals surface area contributed by atoms with Crippen LogP contribution in [0.15, 0.2) is 12.2 Å². The molecule has 0 radical (unpaired) electrons. The molecule has 96 valence electrons. The van der Waals surface area contributed by atoms with Crippen molar-refractivity contribution in [2.24, 2.45) is 11.8 Å².